The Kier molecular flexibility index (Phi) is 5.55. The predicted molar refractivity (Wildman–Crippen MR) is 97.5 cm³/mol. The first-order valence-electron chi connectivity index (χ1n) is 7.94. The van der Waals surface area contributed by atoms with Gasteiger partial charge in [0, 0.05) is 25.0 Å². The van der Waals surface area contributed by atoms with E-state index in [0.29, 0.717) is 5.95 Å². The quantitative estimate of drug-likeness (QED) is 0.855. The van der Waals surface area contributed by atoms with Gasteiger partial charge < -0.3 is 15.5 Å². The maximum Gasteiger partial charge on any atom is 0.224 e. The second-order valence-corrected chi connectivity index (χ2v) is 6.95. The highest BCUT2D eigenvalue weighted by atomic mass is 15.2. The van der Waals surface area contributed by atoms with E-state index in [1.807, 2.05) is 20.2 Å². The van der Waals surface area contributed by atoms with Crippen LogP contribution < -0.4 is 10.6 Å². The molecular weight excluding hydrogens is 286 g/mol. The molecule has 0 unspecified atom stereocenters. The SMILES string of the molecule is CN(C)CCNc1nccc(Nc2ccc(C(C)(C)C)cc2)n1. The lowest BCUT2D eigenvalue weighted by Gasteiger charge is -2.19. The summed E-state index contributed by atoms with van der Waals surface area (Å²) in [6, 6.07) is 10.3. The number of hydrogen-bond donors (Lipinski definition) is 2. The molecule has 0 aliphatic carbocycles. The molecule has 0 aliphatic heterocycles. The maximum atomic E-state index is 4.48. The highest BCUT2D eigenvalue weighted by molar-refractivity contribution is 5.57. The van der Waals surface area contributed by atoms with Gasteiger partial charge in [0.05, 0.1) is 0 Å². The van der Waals surface area contributed by atoms with Crippen molar-refractivity contribution in [3.8, 4) is 0 Å². The number of likely N-dealkylation sites (N-methyl/N-ethyl adjacent to an activating group) is 1. The summed E-state index contributed by atoms with van der Waals surface area (Å²) in [5.41, 5.74) is 2.50. The van der Waals surface area contributed by atoms with E-state index in [2.05, 4.69) is 70.5 Å². The number of benzene rings is 1. The first-order chi connectivity index (χ1) is 10.8. The largest absolute Gasteiger partial charge is 0.353 e. The molecule has 2 N–H and O–H groups in total. The lowest BCUT2D eigenvalue weighted by molar-refractivity contribution is 0.425. The molecular formula is C18H27N5. The average Bonchev–Trinajstić information content (AvgIpc) is 2.47. The minimum Gasteiger partial charge on any atom is -0.353 e. The summed E-state index contributed by atoms with van der Waals surface area (Å²) < 4.78 is 0. The monoisotopic (exact) mass is 313 g/mol. The fourth-order valence-electron chi connectivity index (χ4n) is 2.11. The molecule has 0 saturated heterocycles. The molecule has 2 rings (SSSR count). The van der Waals surface area contributed by atoms with E-state index in [1.54, 1.807) is 6.20 Å². The molecule has 0 bridgehead atoms. The Bertz CT molecular complexity index is 614. The van der Waals surface area contributed by atoms with E-state index in [4.69, 9.17) is 0 Å². The normalized spacial score (nSPS) is 11.6. The van der Waals surface area contributed by atoms with Crippen molar-refractivity contribution in [2.45, 2.75) is 26.2 Å². The standard InChI is InChI=1S/C18H27N5/c1-18(2,3)14-6-8-15(9-7-14)21-16-10-11-19-17(22-16)20-12-13-23(4)5/h6-11H,12-13H2,1-5H3,(H2,19,20,21,22). The molecule has 2 aromatic rings. The van der Waals surface area contributed by atoms with Crippen LogP contribution in [0, 0.1) is 0 Å². The lowest BCUT2D eigenvalue weighted by atomic mass is 9.87. The van der Waals surface area contributed by atoms with Crippen LogP contribution in [-0.2, 0) is 5.41 Å². The summed E-state index contributed by atoms with van der Waals surface area (Å²) in [6.07, 6.45) is 1.76. The van der Waals surface area contributed by atoms with E-state index in [1.165, 1.54) is 5.56 Å². The fourth-order valence-corrected chi connectivity index (χ4v) is 2.11. The van der Waals surface area contributed by atoms with Gasteiger partial charge >= 0.3 is 0 Å². The van der Waals surface area contributed by atoms with E-state index >= 15 is 0 Å². The van der Waals surface area contributed by atoms with Gasteiger partial charge in [0.25, 0.3) is 0 Å². The van der Waals surface area contributed by atoms with E-state index in [-0.39, 0.29) is 5.41 Å². The molecule has 0 radical (unpaired) electrons. The molecule has 124 valence electrons. The molecule has 0 amide bonds. The molecule has 0 saturated carbocycles. The number of rotatable bonds is 6. The molecule has 1 heterocycles. The van der Waals surface area contributed by atoms with E-state index < -0.39 is 0 Å². The van der Waals surface area contributed by atoms with Crippen molar-refractivity contribution >= 4 is 17.5 Å². The zero-order valence-electron chi connectivity index (χ0n) is 14.7. The average molecular weight is 313 g/mol. The third-order valence-electron chi connectivity index (χ3n) is 3.52. The van der Waals surface area contributed by atoms with Crippen LogP contribution in [-0.4, -0.2) is 42.1 Å². The minimum atomic E-state index is 0.164. The summed E-state index contributed by atoms with van der Waals surface area (Å²) in [6.45, 7) is 8.40. The fraction of sp³-hybridized carbons (Fsp3) is 0.444. The summed E-state index contributed by atoms with van der Waals surface area (Å²) in [7, 11) is 4.09. The van der Waals surface area contributed by atoms with Gasteiger partial charge in [-0.25, -0.2) is 4.98 Å². The summed E-state index contributed by atoms with van der Waals surface area (Å²) in [5.74, 6) is 1.43. The zero-order valence-corrected chi connectivity index (χ0v) is 14.7. The van der Waals surface area contributed by atoms with Gasteiger partial charge in [-0.2, -0.15) is 4.98 Å². The third-order valence-corrected chi connectivity index (χ3v) is 3.52. The summed E-state index contributed by atoms with van der Waals surface area (Å²) >= 11 is 0. The second-order valence-electron chi connectivity index (χ2n) is 6.95. The van der Waals surface area contributed by atoms with Gasteiger partial charge in [-0.15, -0.1) is 0 Å². The highest BCUT2D eigenvalue weighted by Gasteiger charge is 2.12. The predicted octanol–water partition coefficient (Wildman–Crippen LogP) is 3.49. The van der Waals surface area contributed by atoms with Crippen LogP contribution in [0.3, 0.4) is 0 Å². The van der Waals surface area contributed by atoms with Crippen molar-refractivity contribution in [2.75, 3.05) is 37.8 Å². The molecule has 0 fully saturated rings. The van der Waals surface area contributed by atoms with Crippen LogP contribution in [0.4, 0.5) is 17.5 Å². The lowest BCUT2D eigenvalue weighted by Crippen LogP contribution is -2.21. The molecule has 0 spiro atoms. The molecule has 5 nitrogen and oxygen atoms in total. The van der Waals surface area contributed by atoms with Gasteiger partial charge in [-0.3, -0.25) is 0 Å². The van der Waals surface area contributed by atoms with Crippen LogP contribution in [0.25, 0.3) is 0 Å². The van der Waals surface area contributed by atoms with Crippen molar-refractivity contribution in [1.82, 2.24) is 14.9 Å². The molecule has 0 atom stereocenters. The molecule has 1 aromatic carbocycles. The van der Waals surface area contributed by atoms with Crippen LogP contribution in [0.1, 0.15) is 26.3 Å². The topological polar surface area (TPSA) is 53.1 Å². The highest BCUT2D eigenvalue weighted by Crippen LogP contribution is 2.24. The Morgan fingerprint density at radius 1 is 1.04 bits per heavy atom. The van der Waals surface area contributed by atoms with Gasteiger partial charge in [0.1, 0.15) is 5.82 Å². The maximum absolute atomic E-state index is 4.48. The Morgan fingerprint density at radius 3 is 2.35 bits per heavy atom. The Morgan fingerprint density at radius 2 is 1.74 bits per heavy atom. The molecule has 0 aliphatic rings. The number of anilines is 3. The smallest absolute Gasteiger partial charge is 0.224 e. The minimum absolute atomic E-state index is 0.164. The van der Waals surface area contributed by atoms with Crippen LogP contribution >= 0.6 is 0 Å². The second kappa shape index (κ2) is 7.42. The van der Waals surface area contributed by atoms with Gasteiger partial charge in [0.2, 0.25) is 5.95 Å². The summed E-state index contributed by atoms with van der Waals surface area (Å²) in [4.78, 5) is 10.8. The molecule has 5 heteroatoms. The molecule has 1 aromatic heterocycles. The van der Waals surface area contributed by atoms with E-state index in [9.17, 15) is 0 Å². The van der Waals surface area contributed by atoms with Crippen molar-refractivity contribution in [2.24, 2.45) is 0 Å². The number of nitrogens with one attached hydrogen (secondary N) is 2. The van der Waals surface area contributed by atoms with Crippen LogP contribution in [0.5, 0.6) is 0 Å². The first kappa shape index (κ1) is 17.2. The first-order valence-corrected chi connectivity index (χ1v) is 7.94. The Hall–Kier alpha value is -2.14. The number of aromatic nitrogens is 2. The number of nitrogens with zero attached hydrogens (tertiary/aromatic N) is 3. The van der Waals surface area contributed by atoms with Crippen molar-refractivity contribution in [1.29, 1.82) is 0 Å². The number of hydrogen-bond acceptors (Lipinski definition) is 5. The Balaban J connectivity index is 2.00. The van der Waals surface area contributed by atoms with Crippen molar-refractivity contribution in [3.05, 3.63) is 42.1 Å². The van der Waals surface area contributed by atoms with Gasteiger partial charge in [-0.05, 0) is 43.3 Å². The third kappa shape index (κ3) is 5.53. The molecule has 23 heavy (non-hydrogen) atoms. The van der Waals surface area contributed by atoms with Gasteiger partial charge in [-0.1, -0.05) is 32.9 Å². The van der Waals surface area contributed by atoms with E-state index in [0.717, 1.165) is 24.6 Å². The van der Waals surface area contributed by atoms with Crippen LogP contribution in [0.2, 0.25) is 0 Å². The van der Waals surface area contributed by atoms with Crippen molar-refractivity contribution < 1.29 is 0 Å². The van der Waals surface area contributed by atoms with Gasteiger partial charge in [0.15, 0.2) is 0 Å². The zero-order chi connectivity index (χ0) is 16.9. The van der Waals surface area contributed by atoms with Crippen molar-refractivity contribution in [3.63, 3.8) is 0 Å². The Labute approximate surface area is 139 Å². The summed E-state index contributed by atoms with van der Waals surface area (Å²) in [5, 5.41) is 6.55. The van der Waals surface area contributed by atoms with Crippen LogP contribution in [0.15, 0.2) is 36.5 Å².